The van der Waals surface area contributed by atoms with Crippen molar-refractivity contribution < 1.29 is 9.52 Å². The van der Waals surface area contributed by atoms with Crippen LogP contribution in [0.2, 0.25) is 0 Å². The molecule has 0 spiro atoms. The number of benzene rings is 1. The molecule has 0 saturated heterocycles. The number of hydrogen-bond donors (Lipinski definition) is 2. The molecule has 1 aliphatic rings. The second-order valence-corrected chi connectivity index (χ2v) is 5.27. The van der Waals surface area contributed by atoms with Crippen LogP contribution in [-0.4, -0.2) is 11.2 Å². The summed E-state index contributed by atoms with van der Waals surface area (Å²) in [7, 11) is 0. The molecule has 1 aromatic carbocycles. The fraction of sp³-hybridized carbons (Fsp3) is 0.375. The van der Waals surface area contributed by atoms with E-state index in [1.54, 1.807) is 0 Å². The first-order valence-corrected chi connectivity index (χ1v) is 6.70. The fourth-order valence-electron chi connectivity index (χ4n) is 2.90. The first kappa shape index (κ1) is 12.5. The van der Waals surface area contributed by atoms with Gasteiger partial charge >= 0.3 is 0 Å². The Morgan fingerprint density at radius 1 is 1.32 bits per heavy atom. The van der Waals surface area contributed by atoms with E-state index in [1.165, 1.54) is 11.1 Å². The van der Waals surface area contributed by atoms with Crippen LogP contribution in [0.15, 0.2) is 34.7 Å². The average Bonchev–Trinajstić information content (AvgIpc) is 2.86. The molecular weight excluding hydrogens is 238 g/mol. The van der Waals surface area contributed by atoms with Crippen LogP contribution in [-0.2, 0) is 13.0 Å². The molecule has 2 N–H and O–H groups in total. The van der Waals surface area contributed by atoms with Crippen LogP contribution in [0.3, 0.4) is 0 Å². The summed E-state index contributed by atoms with van der Waals surface area (Å²) in [5.74, 6) is 1.88. The maximum absolute atomic E-state index is 10.2. The van der Waals surface area contributed by atoms with Crippen LogP contribution in [0.25, 0.3) is 0 Å². The van der Waals surface area contributed by atoms with E-state index in [4.69, 9.17) is 4.42 Å². The van der Waals surface area contributed by atoms with E-state index >= 15 is 0 Å². The summed E-state index contributed by atoms with van der Waals surface area (Å²) >= 11 is 0. The molecule has 2 atom stereocenters. The largest absolute Gasteiger partial charge is 0.466 e. The van der Waals surface area contributed by atoms with Crippen molar-refractivity contribution >= 4 is 0 Å². The lowest BCUT2D eigenvalue weighted by atomic mass is 10.1. The van der Waals surface area contributed by atoms with Crippen molar-refractivity contribution in [1.82, 2.24) is 5.32 Å². The Hall–Kier alpha value is -1.58. The third-order valence-electron chi connectivity index (χ3n) is 3.86. The normalized spacial score (nSPS) is 21.6. The van der Waals surface area contributed by atoms with Gasteiger partial charge in [-0.15, -0.1) is 0 Å². The minimum absolute atomic E-state index is 0.0193. The quantitative estimate of drug-likeness (QED) is 0.888. The highest BCUT2D eigenvalue weighted by Gasteiger charge is 2.30. The summed E-state index contributed by atoms with van der Waals surface area (Å²) in [6.07, 6.45) is 0.391. The minimum atomic E-state index is -0.342. The number of nitrogens with one attached hydrogen (secondary N) is 1. The van der Waals surface area contributed by atoms with Crippen molar-refractivity contribution in [1.29, 1.82) is 0 Å². The zero-order chi connectivity index (χ0) is 13.4. The van der Waals surface area contributed by atoms with Gasteiger partial charge in [-0.05, 0) is 31.0 Å². The molecule has 3 nitrogen and oxygen atoms in total. The van der Waals surface area contributed by atoms with Gasteiger partial charge < -0.3 is 14.8 Å². The fourth-order valence-corrected chi connectivity index (χ4v) is 2.90. The molecule has 0 radical (unpaired) electrons. The van der Waals surface area contributed by atoms with Gasteiger partial charge in [0.1, 0.15) is 11.5 Å². The Morgan fingerprint density at radius 3 is 2.84 bits per heavy atom. The summed E-state index contributed by atoms with van der Waals surface area (Å²) in [4.78, 5) is 0. The van der Waals surface area contributed by atoms with Crippen LogP contribution < -0.4 is 5.32 Å². The van der Waals surface area contributed by atoms with E-state index in [1.807, 2.05) is 26.0 Å². The van der Waals surface area contributed by atoms with Crippen molar-refractivity contribution in [2.24, 2.45) is 0 Å². The molecule has 0 unspecified atom stereocenters. The van der Waals surface area contributed by atoms with E-state index < -0.39 is 0 Å². The Labute approximate surface area is 113 Å². The number of fused-ring (bicyclic) bond motifs is 1. The number of furan rings is 1. The third-order valence-corrected chi connectivity index (χ3v) is 3.86. The Kier molecular flexibility index (Phi) is 3.17. The second-order valence-electron chi connectivity index (χ2n) is 5.27. The summed E-state index contributed by atoms with van der Waals surface area (Å²) in [5, 5.41) is 13.6. The lowest BCUT2D eigenvalue weighted by Crippen LogP contribution is -2.28. The van der Waals surface area contributed by atoms with Gasteiger partial charge in [0.2, 0.25) is 0 Å². The molecule has 0 fully saturated rings. The molecule has 0 amide bonds. The van der Waals surface area contributed by atoms with Crippen molar-refractivity contribution in [2.45, 2.75) is 39.0 Å². The van der Waals surface area contributed by atoms with Gasteiger partial charge in [0, 0.05) is 18.5 Å². The lowest BCUT2D eigenvalue weighted by molar-refractivity contribution is 0.140. The number of rotatable bonds is 3. The molecule has 3 rings (SSSR count). The van der Waals surface area contributed by atoms with Crippen molar-refractivity contribution in [3.63, 3.8) is 0 Å². The van der Waals surface area contributed by atoms with Crippen molar-refractivity contribution in [3.8, 4) is 0 Å². The molecule has 0 saturated carbocycles. The smallest absolute Gasteiger partial charge is 0.105 e. The van der Waals surface area contributed by atoms with E-state index in [0.29, 0.717) is 0 Å². The summed E-state index contributed by atoms with van der Waals surface area (Å²) in [5.41, 5.74) is 3.62. The van der Waals surface area contributed by atoms with Gasteiger partial charge in [-0.2, -0.15) is 0 Å². The van der Waals surface area contributed by atoms with Crippen LogP contribution in [0, 0.1) is 13.8 Å². The predicted octanol–water partition coefficient (Wildman–Crippen LogP) is 2.64. The number of aliphatic hydroxyl groups is 1. The highest BCUT2D eigenvalue weighted by Crippen LogP contribution is 2.31. The predicted molar refractivity (Wildman–Crippen MR) is 73.9 cm³/mol. The number of aliphatic hydroxyl groups excluding tert-OH is 1. The zero-order valence-electron chi connectivity index (χ0n) is 11.3. The van der Waals surface area contributed by atoms with Crippen LogP contribution in [0.1, 0.15) is 34.3 Å². The molecule has 3 heteroatoms. The van der Waals surface area contributed by atoms with Crippen LogP contribution >= 0.6 is 0 Å². The number of aryl methyl sites for hydroxylation is 2. The molecule has 0 aliphatic heterocycles. The highest BCUT2D eigenvalue weighted by atomic mass is 16.3. The highest BCUT2D eigenvalue weighted by molar-refractivity contribution is 5.36. The molecule has 1 aromatic heterocycles. The summed E-state index contributed by atoms with van der Waals surface area (Å²) in [6.45, 7) is 4.65. The molecule has 1 heterocycles. The van der Waals surface area contributed by atoms with E-state index in [0.717, 1.165) is 30.0 Å². The Morgan fingerprint density at radius 2 is 2.11 bits per heavy atom. The van der Waals surface area contributed by atoms with Gasteiger partial charge in [0.05, 0.1) is 12.1 Å². The minimum Gasteiger partial charge on any atom is -0.466 e. The second kappa shape index (κ2) is 4.83. The maximum atomic E-state index is 10.2. The molecule has 0 bridgehead atoms. The first-order chi connectivity index (χ1) is 9.15. The van der Waals surface area contributed by atoms with E-state index in [2.05, 4.69) is 23.5 Å². The van der Waals surface area contributed by atoms with Gasteiger partial charge in [0.15, 0.2) is 0 Å². The molecular formula is C16H19NO2. The Bertz CT molecular complexity index is 588. The van der Waals surface area contributed by atoms with Crippen LogP contribution in [0.5, 0.6) is 0 Å². The summed E-state index contributed by atoms with van der Waals surface area (Å²) < 4.78 is 5.52. The monoisotopic (exact) mass is 257 g/mol. The van der Waals surface area contributed by atoms with Gasteiger partial charge in [0.25, 0.3) is 0 Å². The lowest BCUT2D eigenvalue weighted by Gasteiger charge is -2.17. The Balaban J connectivity index is 1.75. The SMILES string of the molecule is Cc1cc(CN[C@@H]2c3ccccc3C[C@@H]2O)c(C)o1. The van der Waals surface area contributed by atoms with Crippen LogP contribution in [0.4, 0.5) is 0 Å². The van der Waals surface area contributed by atoms with Crippen molar-refractivity contribution in [3.05, 3.63) is 58.5 Å². The topological polar surface area (TPSA) is 45.4 Å². The van der Waals surface area contributed by atoms with E-state index in [-0.39, 0.29) is 12.1 Å². The first-order valence-electron chi connectivity index (χ1n) is 6.70. The van der Waals surface area contributed by atoms with Gasteiger partial charge in [-0.1, -0.05) is 24.3 Å². The number of hydrogen-bond acceptors (Lipinski definition) is 3. The van der Waals surface area contributed by atoms with Gasteiger partial charge in [-0.25, -0.2) is 0 Å². The zero-order valence-corrected chi connectivity index (χ0v) is 11.3. The molecule has 2 aromatic rings. The third kappa shape index (κ3) is 2.31. The average molecular weight is 257 g/mol. The molecule has 1 aliphatic carbocycles. The molecule has 19 heavy (non-hydrogen) atoms. The maximum Gasteiger partial charge on any atom is 0.105 e. The molecule has 100 valence electrons. The van der Waals surface area contributed by atoms with Crippen molar-refractivity contribution in [2.75, 3.05) is 0 Å². The standard InChI is InChI=1S/C16H19NO2/c1-10-7-13(11(2)19-10)9-17-16-14-6-4-3-5-12(14)8-15(16)18/h3-7,15-18H,8-9H2,1-2H3/t15-,16+/m0/s1. The summed E-state index contributed by atoms with van der Waals surface area (Å²) in [6, 6.07) is 10.3. The van der Waals surface area contributed by atoms with Gasteiger partial charge in [-0.3, -0.25) is 0 Å². The van der Waals surface area contributed by atoms with E-state index in [9.17, 15) is 5.11 Å².